The fraction of sp³-hybridized carbons (Fsp3) is 0.812. The summed E-state index contributed by atoms with van der Waals surface area (Å²) in [6.45, 7) is 18.9. The van der Waals surface area contributed by atoms with Crippen molar-refractivity contribution < 1.29 is 13.9 Å². The van der Waals surface area contributed by atoms with Gasteiger partial charge in [0.05, 0.1) is 31.8 Å². The molecule has 0 saturated carbocycles. The van der Waals surface area contributed by atoms with Crippen molar-refractivity contribution in [2.24, 2.45) is 0 Å². The predicted octanol–water partition coefficient (Wildman–Crippen LogP) is 6.75. The van der Waals surface area contributed by atoms with Crippen LogP contribution in [0.15, 0.2) is 24.3 Å². The van der Waals surface area contributed by atoms with Crippen molar-refractivity contribution in [3.63, 3.8) is 0 Å². The molecule has 35 heavy (non-hydrogen) atoms. The first-order chi connectivity index (χ1) is 16.6. The van der Waals surface area contributed by atoms with Gasteiger partial charge < -0.3 is 13.9 Å². The minimum absolute atomic E-state index is 0. The molecule has 1 aromatic carbocycles. The van der Waals surface area contributed by atoms with Crippen molar-refractivity contribution in [3.8, 4) is 5.75 Å². The molecule has 0 N–H and O–H groups in total. The molecule has 1 aromatic rings. The standard InChI is InChI=1S/C32H60NO.FH/c1-7-13-15-17-19-21-28-33(11-5,27-20-18-16-14-8-2)32(9-3,10-4)26-25-30-23-22-24-31(29-30)34-12-6;/h22-24,29H,7-21,25-28H2,1-6H3;1H/q+1;/p-1. The molecule has 0 bridgehead atoms. The first-order valence-corrected chi connectivity index (χ1v) is 15.1. The molecule has 3 heteroatoms. The number of unbranched alkanes of at least 4 members (excludes halogenated alkanes) is 9. The van der Waals surface area contributed by atoms with Gasteiger partial charge >= 0.3 is 0 Å². The summed E-state index contributed by atoms with van der Waals surface area (Å²) in [4.78, 5) is 0. The van der Waals surface area contributed by atoms with Gasteiger partial charge in [0.2, 0.25) is 0 Å². The Morgan fingerprint density at radius 1 is 0.714 bits per heavy atom. The highest BCUT2D eigenvalue weighted by molar-refractivity contribution is 5.28. The van der Waals surface area contributed by atoms with Crippen LogP contribution < -0.4 is 9.44 Å². The third-order valence-electron chi connectivity index (χ3n) is 8.65. The molecule has 0 aliphatic rings. The number of hydrogen-bond donors (Lipinski definition) is 0. The summed E-state index contributed by atoms with van der Waals surface area (Å²) in [5.41, 5.74) is 1.82. The lowest BCUT2D eigenvalue weighted by atomic mass is 9.80. The summed E-state index contributed by atoms with van der Waals surface area (Å²) in [7, 11) is 0. The summed E-state index contributed by atoms with van der Waals surface area (Å²) in [5, 5.41) is 0. The number of halogens is 1. The summed E-state index contributed by atoms with van der Waals surface area (Å²) in [6, 6.07) is 8.85. The number of rotatable bonds is 22. The molecule has 0 aliphatic carbocycles. The molecule has 1 atom stereocenters. The van der Waals surface area contributed by atoms with Crippen LogP contribution in [-0.2, 0) is 6.42 Å². The van der Waals surface area contributed by atoms with Crippen molar-refractivity contribution in [2.75, 3.05) is 26.2 Å². The zero-order chi connectivity index (χ0) is 25.1. The van der Waals surface area contributed by atoms with E-state index < -0.39 is 0 Å². The Kier molecular flexibility index (Phi) is 19.4. The Morgan fingerprint density at radius 2 is 1.26 bits per heavy atom. The van der Waals surface area contributed by atoms with Gasteiger partial charge in [-0.25, -0.2) is 0 Å². The summed E-state index contributed by atoms with van der Waals surface area (Å²) < 4.78 is 7.13. The van der Waals surface area contributed by atoms with Crippen molar-refractivity contribution in [3.05, 3.63) is 29.8 Å². The van der Waals surface area contributed by atoms with E-state index in [1.165, 1.54) is 120 Å². The molecular formula is C32H60FNO. The van der Waals surface area contributed by atoms with Gasteiger partial charge in [-0.1, -0.05) is 84.8 Å². The Labute approximate surface area is 219 Å². The van der Waals surface area contributed by atoms with Gasteiger partial charge in [-0.2, -0.15) is 0 Å². The van der Waals surface area contributed by atoms with E-state index in [2.05, 4.69) is 65.8 Å². The van der Waals surface area contributed by atoms with Crippen LogP contribution in [0.25, 0.3) is 0 Å². The maximum absolute atomic E-state index is 5.79. The number of nitrogens with zero attached hydrogens (tertiary/aromatic N) is 1. The normalized spacial score (nSPS) is 13.3. The second kappa shape index (κ2) is 20.0. The van der Waals surface area contributed by atoms with E-state index in [1.54, 1.807) is 0 Å². The van der Waals surface area contributed by atoms with E-state index in [1.807, 2.05) is 0 Å². The maximum Gasteiger partial charge on any atom is 0.119 e. The first-order valence-electron chi connectivity index (χ1n) is 15.1. The summed E-state index contributed by atoms with van der Waals surface area (Å²) >= 11 is 0. The molecule has 0 saturated heterocycles. The zero-order valence-corrected chi connectivity index (χ0v) is 24.5. The summed E-state index contributed by atoms with van der Waals surface area (Å²) in [5.74, 6) is 1.03. The van der Waals surface area contributed by atoms with Gasteiger partial charge in [0.1, 0.15) is 5.75 Å². The number of ether oxygens (including phenoxy) is 1. The molecule has 1 unspecified atom stereocenters. The van der Waals surface area contributed by atoms with Crippen LogP contribution in [0.3, 0.4) is 0 Å². The SMILES string of the molecule is CCCCCCCC[N+](CC)(CCCCCCC)C(CC)(CC)CCc1cccc(OCC)c1.[F-]. The largest absolute Gasteiger partial charge is 1.00 e. The van der Waals surface area contributed by atoms with Crippen LogP contribution in [0.5, 0.6) is 5.75 Å². The Balaban J connectivity index is 0.0000116. The Morgan fingerprint density at radius 3 is 1.74 bits per heavy atom. The van der Waals surface area contributed by atoms with Gasteiger partial charge in [0, 0.05) is 6.42 Å². The van der Waals surface area contributed by atoms with Gasteiger partial charge in [0.15, 0.2) is 0 Å². The summed E-state index contributed by atoms with van der Waals surface area (Å²) in [6.07, 6.45) is 20.3. The fourth-order valence-corrected chi connectivity index (χ4v) is 6.30. The zero-order valence-electron chi connectivity index (χ0n) is 24.5. The van der Waals surface area contributed by atoms with E-state index in [4.69, 9.17) is 4.74 Å². The lowest BCUT2D eigenvalue weighted by molar-refractivity contribution is -0.976. The molecule has 0 aliphatic heterocycles. The number of benzene rings is 1. The maximum atomic E-state index is 5.79. The number of aryl methyl sites for hydroxylation is 1. The Bertz CT molecular complexity index is 615. The van der Waals surface area contributed by atoms with E-state index in [0.717, 1.165) is 18.8 Å². The highest BCUT2D eigenvalue weighted by atomic mass is 19.0. The number of hydrogen-bond acceptors (Lipinski definition) is 1. The van der Waals surface area contributed by atoms with Gasteiger partial charge in [-0.05, 0) is 76.5 Å². The molecule has 0 fully saturated rings. The van der Waals surface area contributed by atoms with Crippen LogP contribution in [0.2, 0.25) is 0 Å². The molecule has 0 heterocycles. The molecule has 0 aromatic heterocycles. The van der Waals surface area contributed by atoms with Crippen molar-refractivity contribution in [1.29, 1.82) is 0 Å². The quantitative estimate of drug-likeness (QED) is 0.128. The second-order valence-corrected chi connectivity index (χ2v) is 10.6. The van der Waals surface area contributed by atoms with Gasteiger partial charge in [-0.15, -0.1) is 0 Å². The smallest absolute Gasteiger partial charge is 0.119 e. The lowest BCUT2D eigenvalue weighted by Gasteiger charge is -2.54. The van der Waals surface area contributed by atoms with Crippen LogP contribution in [-0.4, -0.2) is 36.3 Å². The highest BCUT2D eigenvalue weighted by Gasteiger charge is 2.46. The minimum Gasteiger partial charge on any atom is -1.00 e. The molecule has 2 nitrogen and oxygen atoms in total. The Hall–Kier alpha value is -1.09. The van der Waals surface area contributed by atoms with E-state index in [-0.39, 0.29) is 4.70 Å². The molecule has 0 radical (unpaired) electrons. The van der Waals surface area contributed by atoms with Gasteiger partial charge in [-0.3, -0.25) is 0 Å². The first kappa shape index (κ1) is 33.9. The van der Waals surface area contributed by atoms with Crippen LogP contribution in [0.4, 0.5) is 0 Å². The topological polar surface area (TPSA) is 9.23 Å². The highest BCUT2D eigenvalue weighted by Crippen LogP contribution is 2.38. The number of quaternary nitrogens is 1. The van der Waals surface area contributed by atoms with Crippen molar-refractivity contribution >= 4 is 0 Å². The third kappa shape index (κ3) is 11.2. The third-order valence-corrected chi connectivity index (χ3v) is 8.65. The van der Waals surface area contributed by atoms with Crippen molar-refractivity contribution in [1.82, 2.24) is 0 Å². The fourth-order valence-electron chi connectivity index (χ4n) is 6.30. The van der Waals surface area contributed by atoms with E-state index >= 15 is 0 Å². The van der Waals surface area contributed by atoms with Crippen LogP contribution in [0.1, 0.15) is 137 Å². The van der Waals surface area contributed by atoms with Crippen LogP contribution >= 0.6 is 0 Å². The second-order valence-electron chi connectivity index (χ2n) is 10.6. The molecule has 0 amide bonds. The molecule has 206 valence electrons. The van der Waals surface area contributed by atoms with Gasteiger partial charge in [0.25, 0.3) is 0 Å². The average molecular weight is 494 g/mol. The molecular weight excluding hydrogens is 433 g/mol. The molecule has 1 rings (SSSR count). The minimum atomic E-state index is 0. The van der Waals surface area contributed by atoms with E-state index in [9.17, 15) is 0 Å². The predicted molar refractivity (Wildman–Crippen MR) is 152 cm³/mol. The average Bonchev–Trinajstić information content (AvgIpc) is 2.86. The van der Waals surface area contributed by atoms with E-state index in [0.29, 0.717) is 5.54 Å². The monoisotopic (exact) mass is 493 g/mol. The lowest BCUT2D eigenvalue weighted by Crippen LogP contribution is -3.00. The molecule has 0 spiro atoms. The van der Waals surface area contributed by atoms with Crippen LogP contribution in [0, 0.1) is 0 Å². The van der Waals surface area contributed by atoms with Crippen molar-refractivity contribution in [2.45, 2.75) is 143 Å².